The molecule has 0 fully saturated rings. The van der Waals surface area contributed by atoms with Crippen molar-refractivity contribution in [2.24, 2.45) is 0 Å². The first-order chi connectivity index (χ1) is 14.3. The monoisotopic (exact) mass is 462 g/mol. The summed E-state index contributed by atoms with van der Waals surface area (Å²) >= 11 is 1.72. The van der Waals surface area contributed by atoms with Crippen LogP contribution in [0, 0.1) is 0 Å². The summed E-state index contributed by atoms with van der Waals surface area (Å²) in [5.74, 6) is 0.938. The Bertz CT molecular complexity index is 855. The van der Waals surface area contributed by atoms with Gasteiger partial charge in [-0.3, -0.25) is 4.90 Å². The highest BCUT2D eigenvalue weighted by Gasteiger charge is 2.04. The van der Waals surface area contributed by atoms with Gasteiger partial charge in [0.1, 0.15) is 17.4 Å². The molecule has 0 aliphatic carbocycles. The number of ether oxygens (including phenoxy) is 1. The van der Waals surface area contributed by atoms with E-state index in [4.69, 9.17) is 4.74 Å². The van der Waals surface area contributed by atoms with E-state index in [2.05, 4.69) is 78.3 Å². The van der Waals surface area contributed by atoms with E-state index in [-0.39, 0.29) is 17.9 Å². The van der Waals surface area contributed by atoms with Crippen LogP contribution in [0.15, 0.2) is 48.5 Å². The number of thiazole rings is 1. The molecule has 3 rings (SSSR count). The van der Waals surface area contributed by atoms with Gasteiger partial charge in [-0.05, 0) is 61.8 Å². The van der Waals surface area contributed by atoms with E-state index in [0.29, 0.717) is 0 Å². The molecule has 1 heterocycles. The summed E-state index contributed by atoms with van der Waals surface area (Å²) in [6.07, 6.45) is 9.21. The average molecular weight is 463 g/mol. The van der Waals surface area contributed by atoms with Gasteiger partial charge in [-0.15, -0.1) is 23.7 Å². The Morgan fingerprint density at radius 1 is 0.903 bits per heavy atom. The van der Waals surface area contributed by atoms with Crippen LogP contribution in [0.1, 0.15) is 50.1 Å². The van der Waals surface area contributed by atoms with Crippen molar-refractivity contribution in [1.82, 2.24) is 9.88 Å². The molecule has 0 atom stereocenters. The molecule has 0 spiro atoms. The van der Waals surface area contributed by atoms with Crippen LogP contribution in [0.2, 0.25) is 0 Å². The lowest BCUT2D eigenvalue weighted by molar-refractivity contribution is 0.204. The molecule has 0 unspecified atom stereocenters. The summed E-state index contributed by atoms with van der Waals surface area (Å²) in [5, 5.41) is 1.03. The second-order valence-electron chi connectivity index (χ2n) is 7.32. The van der Waals surface area contributed by atoms with E-state index in [1.165, 1.54) is 43.5 Å². The maximum atomic E-state index is 5.98. The summed E-state index contributed by atoms with van der Waals surface area (Å²) in [6.45, 7) is 8.60. The first-order valence-corrected chi connectivity index (χ1v) is 11.6. The van der Waals surface area contributed by atoms with E-state index in [1.807, 2.05) is 6.07 Å². The third-order valence-electron chi connectivity index (χ3n) is 4.94. The Balaban J connectivity index is 0.00000240. The minimum absolute atomic E-state index is 0. The number of fused-ring (bicyclic) bond motifs is 1. The maximum Gasteiger partial charge on any atom is 0.119 e. The number of benzene rings is 2. The predicted octanol–water partition coefficient (Wildman–Crippen LogP) is 6.34. The highest BCUT2D eigenvalue weighted by Crippen LogP contribution is 2.23. The average Bonchev–Trinajstić information content (AvgIpc) is 3.17. The Kier molecular flexibility index (Phi) is 13.1. The van der Waals surface area contributed by atoms with Gasteiger partial charge >= 0.3 is 0 Å². The van der Waals surface area contributed by atoms with E-state index < -0.39 is 0 Å². The molecule has 0 saturated heterocycles. The van der Waals surface area contributed by atoms with Crippen LogP contribution in [-0.4, -0.2) is 41.6 Å². The predicted molar refractivity (Wildman–Crippen MR) is 138 cm³/mol. The smallest absolute Gasteiger partial charge is 0.119 e. The Morgan fingerprint density at radius 3 is 2.23 bits per heavy atom. The van der Waals surface area contributed by atoms with Crippen molar-refractivity contribution < 1.29 is 10.2 Å². The quantitative estimate of drug-likeness (QED) is 0.315. The molecule has 0 amide bonds. The molecule has 2 aromatic carbocycles. The minimum atomic E-state index is 0. The molecule has 3 aromatic rings. The lowest BCUT2D eigenvalue weighted by Gasteiger charge is -2.22. The van der Waals surface area contributed by atoms with Gasteiger partial charge in [0.15, 0.2) is 0 Å². The van der Waals surface area contributed by atoms with Gasteiger partial charge in [0.05, 0.1) is 10.2 Å². The third kappa shape index (κ3) is 8.99. The van der Waals surface area contributed by atoms with Crippen LogP contribution in [-0.2, 0) is 0 Å². The second-order valence-corrected chi connectivity index (χ2v) is 8.38. The number of aromatic nitrogens is 1. The van der Waals surface area contributed by atoms with Crippen molar-refractivity contribution >= 4 is 46.1 Å². The van der Waals surface area contributed by atoms with Crippen LogP contribution in [0.5, 0.6) is 5.75 Å². The van der Waals surface area contributed by atoms with Crippen LogP contribution in [0.25, 0.3) is 22.4 Å². The standard InChI is InChI=1S/C25H32N2OS.ClH.H2O/c1-3-5-17-27(18-6-4-2)19-20-28-22-14-11-21(12-15-22)13-16-25-26-23-9-7-8-10-24(23)29-25;;/h7-16H,3-6,17-20H2,1-2H3;1H;1H2/b16-13+;;. The van der Waals surface area contributed by atoms with Crippen molar-refractivity contribution in [2.75, 3.05) is 26.2 Å². The molecule has 0 bridgehead atoms. The summed E-state index contributed by atoms with van der Waals surface area (Å²) in [4.78, 5) is 7.18. The molecule has 0 radical (unpaired) electrons. The molecule has 0 aliphatic heterocycles. The molecular weight excluding hydrogens is 428 g/mol. The number of nitrogens with zero attached hydrogens (tertiary/aromatic N) is 2. The van der Waals surface area contributed by atoms with Gasteiger partial charge in [-0.25, -0.2) is 4.98 Å². The normalized spacial score (nSPS) is 10.9. The van der Waals surface area contributed by atoms with Crippen molar-refractivity contribution in [3.8, 4) is 5.75 Å². The molecule has 31 heavy (non-hydrogen) atoms. The van der Waals surface area contributed by atoms with Crippen LogP contribution in [0.3, 0.4) is 0 Å². The fourth-order valence-corrected chi connectivity index (χ4v) is 4.07. The van der Waals surface area contributed by atoms with Crippen LogP contribution >= 0.6 is 23.7 Å². The van der Waals surface area contributed by atoms with Crippen LogP contribution in [0.4, 0.5) is 0 Å². The number of hydrogen-bond donors (Lipinski definition) is 0. The zero-order valence-electron chi connectivity index (χ0n) is 18.5. The Morgan fingerprint density at radius 2 is 1.58 bits per heavy atom. The fourth-order valence-electron chi connectivity index (χ4n) is 3.20. The summed E-state index contributed by atoms with van der Waals surface area (Å²) in [7, 11) is 0. The topological polar surface area (TPSA) is 56.9 Å². The first kappa shape index (κ1) is 27.1. The van der Waals surface area contributed by atoms with Gasteiger partial charge < -0.3 is 10.2 Å². The number of halogens is 1. The largest absolute Gasteiger partial charge is 0.492 e. The number of unbranched alkanes of at least 4 members (excludes halogenated alkanes) is 2. The van der Waals surface area contributed by atoms with Gasteiger partial charge in [0.2, 0.25) is 0 Å². The van der Waals surface area contributed by atoms with Crippen molar-refractivity contribution in [1.29, 1.82) is 0 Å². The minimum Gasteiger partial charge on any atom is -0.492 e. The second kappa shape index (κ2) is 15.0. The molecule has 0 saturated carbocycles. The zero-order chi connectivity index (χ0) is 20.3. The van der Waals surface area contributed by atoms with Gasteiger partial charge in [-0.2, -0.15) is 0 Å². The number of rotatable bonds is 12. The summed E-state index contributed by atoms with van der Waals surface area (Å²) in [6, 6.07) is 16.6. The summed E-state index contributed by atoms with van der Waals surface area (Å²) in [5.41, 5.74) is 2.22. The van der Waals surface area contributed by atoms with Crippen molar-refractivity contribution in [3.05, 3.63) is 59.1 Å². The van der Waals surface area contributed by atoms with Crippen LogP contribution < -0.4 is 4.74 Å². The highest BCUT2D eigenvalue weighted by atomic mass is 35.5. The van der Waals surface area contributed by atoms with Crippen molar-refractivity contribution in [3.63, 3.8) is 0 Å². The lowest BCUT2D eigenvalue weighted by atomic mass is 10.2. The van der Waals surface area contributed by atoms with Gasteiger partial charge in [0.25, 0.3) is 0 Å². The Hall–Kier alpha value is -1.92. The number of para-hydroxylation sites is 1. The number of hydrogen-bond acceptors (Lipinski definition) is 4. The molecular formula is C25H35ClN2O2S. The SMILES string of the molecule is CCCCN(CCCC)CCOc1ccc(/C=C/c2nc3ccccc3s2)cc1.Cl.O. The van der Waals surface area contributed by atoms with E-state index in [9.17, 15) is 0 Å². The molecule has 0 aliphatic rings. The van der Waals surface area contributed by atoms with Gasteiger partial charge in [0, 0.05) is 6.54 Å². The first-order valence-electron chi connectivity index (χ1n) is 10.8. The zero-order valence-corrected chi connectivity index (χ0v) is 20.2. The summed E-state index contributed by atoms with van der Waals surface area (Å²) < 4.78 is 7.20. The van der Waals surface area contributed by atoms with E-state index in [1.54, 1.807) is 11.3 Å². The van der Waals surface area contributed by atoms with E-state index in [0.717, 1.165) is 35.0 Å². The molecule has 170 valence electrons. The Labute approximate surface area is 196 Å². The molecule has 6 heteroatoms. The van der Waals surface area contributed by atoms with E-state index >= 15 is 0 Å². The molecule has 1 aromatic heterocycles. The maximum absolute atomic E-state index is 5.98. The third-order valence-corrected chi connectivity index (χ3v) is 5.94. The van der Waals surface area contributed by atoms with Crippen molar-refractivity contribution in [2.45, 2.75) is 39.5 Å². The highest BCUT2D eigenvalue weighted by molar-refractivity contribution is 7.19. The molecule has 2 N–H and O–H groups in total. The van der Waals surface area contributed by atoms with Gasteiger partial charge in [-0.1, -0.05) is 57.0 Å². The fraction of sp³-hybridized carbons (Fsp3) is 0.400. The molecule has 4 nitrogen and oxygen atoms in total. The lowest BCUT2D eigenvalue weighted by Crippen LogP contribution is -2.30.